The van der Waals surface area contributed by atoms with Gasteiger partial charge in [-0.3, -0.25) is 0 Å². The van der Waals surface area contributed by atoms with Crippen molar-refractivity contribution in [2.75, 3.05) is 5.23 Å². The molecule has 0 spiro atoms. The number of benzene rings is 1. The summed E-state index contributed by atoms with van der Waals surface area (Å²) in [4.78, 5) is 0. The Morgan fingerprint density at radius 1 is 1.43 bits per heavy atom. The van der Waals surface area contributed by atoms with Crippen LogP contribution in [0.3, 0.4) is 0 Å². The van der Waals surface area contributed by atoms with Gasteiger partial charge in [0.15, 0.2) is 0 Å². The molecule has 0 atom stereocenters. The third kappa shape index (κ3) is 1.90. The number of hydrogen-bond donors (Lipinski definition) is 1. The predicted octanol–water partition coefficient (Wildman–Crippen LogP) is 3.23. The van der Waals surface area contributed by atoms with Gasteiger partial charge in [0, 0.05) is 5.69 Å². The van der Waals surface area contributed by atoms with Crippen LogP contribution < -0.4 is 5.23 Å². The first-order valence-electron chi connectivity index (χ1n) is 4.94. The van der Waals surface area contributed by atoms with E-state index in [1.165, 1.54) is 16.8 Å². The van der Waals surface area contributed by atoms with E-state index in [1.54, 1.807) is 0 Å². The standard InChI is InChI=1S/C12H14BN/c1-10(2)9-13-8-7-11-5-3-4-6-12(11)14-13/h3-8,14H,1,9H2,2H3. The Morgan fingerprint density at radius 2 is 2.21 bits per heavy atom. The molecule has 1 N–H and O–H groups in total. The van der Waals surface area contributed by atoms with Gasteiger partial charge >= 0.3 is 0 Å². The molecule has 0 amide bonds. The summed E-state index contributed by atoms with van der Waals surface area (Å²) in [6.45, 7) is 6.40. The molecule has 0 fully saturated rings. The van der Waals surface area contributed by atoms with Crippen molar-refractivity contribution in [3.8, 4) is 0 Å². The van der Waals surface area contributed by atoms with Gasteiger partial charge in [0.1, 0.15) is 0 Å². The summed E-state index contributed by atoms with van der Waals surface area (Å²) in [6, 6.07) is 8.35. The quantitative estimate of drug-likeness (QED) is 0.548. The second-order valence-electron chi connectivity index (χ2n) is 3.86. The van der Waals surface area contributed by atoms with Crippen molar-refractivity contribution in [1.82, 2.24) is 0 Å². The zero-order valence-electron chi connectivity index (χ0n) is 8.46. The van der Waals surface area contributed by atoms with Crippen molar-refractivity contribution in [3.63, 3.8) is 0 Å². The summed E-state index contributed by atoms with van der Waals surface area (Å²) < 4.78 is 0. The number of para-hydroxylation sites is 1. The zero-order chi connectivity index (χ0) is 9.97. The lowest BCUT2D eigenvalue weighted by molar-refractivity contribution is 1.37. The van der Waals surface area contributed by atoms with E-state index in [0.717, 1.165) is 6.32 Å². The fraction of sp³-hybridized carbons (Fsp3) is 0.167. The van der Waals surface area contributed by atoms with E-state index in [2.05, 4.69) is 55.0 Å². The van der Waals surface area contributed by atoms with Crippen LogP contribution in [0.5, 0.6) is 0 Å². The lowest BCUT2D eigenvalue weighted by Gasteiger charge is -2.19. The Balaban J connectivity index is 2.17. The number of fused-ring (bicyclic) bond motifs is 1. The number of nitrogens with one attached hydrogen (secondary N) is 1. The molecule has 0 unspecified atom stereocenters. The highest BCUT2D eigenvalue weighted by atomic mass is 14.8. The van der Waals surface area contributed by atoms with Gasteiger partial charge in [-0.2, -0.15) is 0 Å². The molecule has 0 bridgehead atoms. The van der Waals surface area contributed by atoms with Crippen LogP contribution in [0.25, 0.3) is 6.08 Å². The summed E-state index contributed by atoms with van der Waals surface area (Å²) in [5.74, 6) is 2.21. The molecule has 1 aliphatic rings. The highest BCUT2D eigenvalue weighted by Crippen LogP contribution is 2.22. The fourth-order valence-corrected chi connectivity index (χ4v) is 1.74. The van der Waals surface area contributed by atoms with Crippen molar-refractivity contribution < 1.29 is 0 Å². The molecule has 1 aliphatic heterocycles. The van der Waals surface area contributed by atoms with Gasteiger partial charge < -0.3 is 5.23 Å². The van der Waals surface area contributed by atoms with Crippen LogP contribution in [0.2, 0.25) is 6.32 Å². The smallest absolute Gasteiger partial charge is 0.282 e. The Labute approximate surface area is 85.6 Å². The van der Waals surface area contributed by atoms with E-state index in [4.69, 9.17) is 0 Å². The molecule has 2 rings (SSSR count). The Morgan fingerprint density at radius 3 is 3.00 bits per heavy atom. The molecule has 0 radical (unpaired) electrons. The molecular weight excluding hydrogens is 169 g/mol. The average Bonchev–Trinajstić information content (AvgIpc) is 2.17. The summed E-state index contributed by atoms with van der Waals surface area (Å²) in [7, 11) is 0. The van der Waals surface area contributed by atoms with Crippen molar-refractivity contribution in [2.45, 2.75) is 13.2 Å². The minimum absolute atomic E-state index is 0.405. The topological polar surface area (TPSA) is 12.0 Å². The molecule has 1 aromatic carbocycles. The van der Waals surface area contributed by atoms with Gasteiger partial charge in [-0.15, -0.1) is 6.58 Å². The third-order valence-electron chi connectivity index (χ3n) is 2.38. The second-order valence-corrected chi connectivity index (χ2v) is 3.86. The maximum Gasteiger partial charge on any atom is 0.282 e. The van der Waals surface area contributed by atoms with Crippen LogP contribution in [0.15, 0.2) is 42.4 Å². The maximum absolute atomic E-state index is 3.93. The van der Waals surface area contributed by atoms with Crippen molar-refractivity contribution >= 4 is 18.6 Å². The zero-order valence-corrected chi connectivity index (χ0v) is 8.46. The summed E-state index contributed by atoms with van der Waals surface area (Å²) in [6.07, 6.45) is 3.18. The minimum Gasteiger partial charge on any atom is -0.424 e. The van der Waals surface area contributed by atoms with Crippen LogP contribution >= 0.6 is 0 Å². The molecule has 1 heterocycles. The van der Waals surface area contributed by atoms with Crippen LogP contribution in [-0.4, -0.2) is 6.85 Å². The van der Waals surface area contributed by atoms with E-state index >= 15 is 0 Å². The number of hydrogen-bond acceptors (Lipinski definition) is 1. The lowest BCUT2D eigenvalue weighted by Crippen LogP contribution is -2.25. The van der Waals surface area contributed by atoms with Crippen LogP contribution in [0, 0.1) is 0 Å². The molecule has 0 aromatic heterocycles. The van der Waals surface area contributed by atoms with Gasteiger partial charge in [-0.25, -0.2) is 0 Å². The van der Waals surface area contributed by atoms with E-state index in [-0.39, 0.29) is 0 Å². The van der Waals surface area contributed by atoms with Crippen LogP contribution in [-0.2, 0) is 0 Å². The summed E-state index contributed by atoms with van der Waals surface area (Å²) in [5.41, 5.74) is 3.71. The second kappa shape index (κ2) is 3.75. The first-order chi connectivity index (χ1) is 6.75. The highest BCUT2D eigenvalue weighted by molar-refractivity contribution is 6.69. The van der Waals surface area contributed by atoms with Crippen LogP contribution in [0.4, 0.5) is 5.69 Å². The van der Waals surface area contributed by atoms with Gasteiger partial charge in [0.2, 0.25) is 0 Å². The van der Waals surface area contributed by atoms with E-state index in [0.29, 0.717) is 6.85 Å². The Bertz CT molecular complexity index is 382. The number of allylic oxidation sites excluding steroid dienone is 1. The van der Waals surface area contributed by atoms with Crippen LogP contribution in [0.1, 0.15) is 12.5 Å². The molecular formula is C12H14BN. The Kier molecular flexibility index (Phi) is 2.44. The van der Waals surface area contributed by atoms with Gasteiger partial charge in [-0.1, -0.05) is 35.8 Å². The van der Waals surface area contributed by atoms with Crippen molar-refractivity contribution in [1.29, 1.82) is 0 Å². The monoisotopic (exact) mass is 183 g/mol. The number of rotatable bonds is 2. The first-order valence-corrected chi connectivity index (χ1v) is 4.94. The van der Waals surface area contributed by atoms with Gasteiger partial charge in [0.05, 0.1) is 0 Å². The molecule has 14 heavy (non-hydrogen) atoms. The number of anilines is 1. The summed E-state index contributed by atoms with van der Waals surface area (Å²) >= 11 is 0. The highest BCUT2D eigenvalue weighted by Gasteiger charge is 2.15. The van der Waals surface area contributed by atoms with E-state index in [9.17, 15) is 0 Å². The minimum atomic E-state index is 0.405. The van der Waals surface area contributed by atoms with Crippen molar-refractivity contribution in [2.24, 2.45) is 0 Å². The Hall–Kier alpha value is -1.44. The maximum atomic E-state index is 3.93. The summed E-state index contributed by atoms with van der Waals surface area (Å²) in [5, 5.41) is 3.48. The molecule has 70 valence electrons. The molecule has 1 aromatic rings. The predicted molar refractivity (Wildman–Crippen MR) is 64.5 cm³/mol. The van der Waals surface area contributed by atoms with E-state index in [1.807, 2.05) is 0 Å². The molecule has 0 aliphatic carbocycles. The van der Waals surface area contributed by atoms with Crippen molar-refractivity contribution in [3.05, 3.63) is 48.0 Å². The van der Waals surface area contributed by atoms with Gasteiger partial charge in [0.25, 0.3) is 6.85 Å². The largest absolute Gasteiger partial charge is 0.424 e. The van der Waals surface area contributed by atoms with E-state index < -0.39 is 0 Å². The normalized spacial score (nSPS) is 13.4. The molecule has 0 saturated heterocycles. The lowest BCUT2D eigenvalue weighted by atomic mass is 9.56. The fourth-order valence-electron chi connectivity index (χ4n) is 1.74. The average molecular weight is 183 g/mol. The first kappa shape index (κ1) is 9.13. The SMILES string of the molecule is C=C(C)CB1C=Cc2ccccc2N1. The molecule has 1 nitrogen and oxygen atoms in total. The molecule has 2 heteroatoms. The van der Waals surface area contributed by atoms with Gasteiger partial charge in [-0.05, 0) is 24.9 Å². The third-order valence-corrected chi connectivity index (χ3v) is 2.38. The molecule has 0 saturated carbocycles.